The zero-order valence-electron chi connectivity index (χ0n) is 17.1. The molecule has 0 aliphatic rings. The van der Waals surface area contributed by atoms with Crippen molar-refractivity contribution >= 4 is 35.6 Å². The third-order valence-electron chi connectivity index (χ3n) is 3.90. The Hall–Kier alpha value is -3.62. The van der Waals surface area contributed by atoms with Gasteiger partial charge in [-0.1, -0.05) is 0 Å². The van der Waals surface area contributed by atoms with E-state index in [1.54, 1.807) is 0 Å². The molecule has 0 aliphatic heterocycles. The predicted molar refractivity (Wildman–Crippen MR) is 113 cm³/mol. The average molecular weight is 444 g/mol. The molecule has 0 heterocycles. The van der Waals surface area contributed by atoms with Gasteiger partial charge in [-0.15, -0.1) is 0 Å². The Labute approximate surface area is 179 Å². The first-order chi connectivity index (χ1) is 14.4. The summed E-state index contributed by atoms with van der Waals surface area (Å²) in [5.74, 6) is -4.03. The van der Waals surface area contributed by atoms with Gasteiger partial charge in [0.15, 0.2) is 11.9 Å². The SMILES string of the molecule is NC(=O)CC(NC(=O)C(N)CCCN=C(N)N)C(=O)NC(CCCN=C(N)N)C(=O)O. The van der Waals surface area contributed by atoms with E-state index in [0.29, 0.717) is 6.42 Å². The Morgan fingerprint density at radius 1 is 0.774 bits per heavy atom. The van der Waals surface area contributed by atoms with Crippen LogP contribution < -0.4 is 45.0 Å². The standard InChI is InChI=1S/C16H32N10O5/c17-8(3-1-5-23-15(19)20)12(28)26-10(7-11(18)27)13(29)25-9(14(30)31)4-2-6-24-16(21)22/h8-10H,1-7,17H2,(H2,18,27)(H,25,29)(H,26,28)(H,30,31)(H4,19,20,23)(H4,21,22,24). The molecule has 0 aromatic carbocycles. The maximum Gasteiger partial charge on any atom is 0.326 e. The van der Waals surface area contributed by atoms with E-state index >= 15 is 0 Å². The van der Waals surface area contributed by atoms with Crippen molar-refractivity contribution in [3.63, 3.8) is 0 Å². The van der Waals surface area contributed by atoms with Crippen LogP contribution in [0.1, 0.15) is 32.1 Å². The van der Waals surface area contributed by atoms with Crippen LogP contribution in [-0.2, 0) is 19.2 Å². The van der Waals surface area contributed by atoms with Crippen LogP contribution >= 0.6 is 0 Å². The van der Waals surface area contributed by atoms with Crippen molar-refractivity contribution in [1.29, 1.82) is 0 Å². The molecule has 0 aromatic rings. The molecular weight excluding hydrogens is 412 g/mol. The highest BCUT2D eigenvalue weighted by Crippen LogP contribution is 2.03. The molecule has 3 amide bonds. The Balaban J connectivity index is 4.94. The average Bonchev–Trinajstić information content (AvgIpc) is 2.65. The number of carbonyl (C=O) groups excluding carboxylic acids is 3. The molecule has 0 aromatic heterocycles. The molecule has 0 spiro atoms. The number of guanidine groups is 2. The lowest BCUT2D eigenvalue weighted by Gasteiger charge is -2.22. The first kappa shape index (κ1) is 27.4. The molecule has 0 bridgehead atoms. The number of carbonyl (C=O) groups is 4. The fourth-order valence-electron chi connectivity index (χ4n) is 2.37. The predicted octanol–water partition coefficient (Wildman–Crippen LogP) is -4.65. The number of aliphatic carboxylic acids is 1. The second-order valence-corrected chi connectivity index (χ2v) is 6.64. The van der Waals surface area contributed by atoms with E-state index in [1.807, 2.05) is 0 Å². The molecule has 0 radical (unpaired) electrons. The monoisotopic (exact) mass is 444 g/mol. The van der Waals surface area contributed by atoms with Gasteiger partial charge in [0.05, 0.1) is 12.5 Å². The molecule has 0 fully saturated rings. The smallest absolute Gasteiger partial charge is 0.326 e. The molecule has 0 saturated carbocycles. The highest BCUT2D eigenvalue weighted by molar-refractivity contribution is 5.94. The normalized spacial score (nSPS) is 13.2. The summed E-state index contributed by atoms with van der Waals surface area (Å²) in [7, 11) is 0. The van der Waals surface area contributed by atoms with Gasteiger partial charge in [-0.05, 0) is 25.7 Å². The van der Waals surface area contributed by atoms with Crippen molar-refractivity contribution in [3.8, 4) is 0 Å². The second-order valence-electron chi connectivity index (χ2n) is 6.64. The van der Waals surface area contributed by atoms with Crippen molar-refractivity contribution in [1.82, 2.24) is 10.6 Å². The summed E-state index contributed by atoms with van der Waals surface area (Å²) in [6.45, 7) is 0.423. The summed E-state index contributed by atoms with van der Waals surface area (Å²) in [5.41, 5.74) is 31.7. The summed E-state index contributed by atoms with van der Waals surface area (Å²) in [6.07, 6.45) is 0.340. The van der Waals surface area contributed by atoms with Crippen molar-refractivity contribution in [2.75, 3.05) is 13.1 Å². The largest absolute Gasteiger partial charge is 0.480 e. The Kier molecular flexibility index (Phi) is 12.7. The molecule has 15 heteroatoms. The molecule has 0 saturated heterocycles. The summed E-state index contributed by atoms with van der Waals surface area (Å²) in [6, 6.07) is -3.69. The molecule has 3 atom stereocenters. The van der Waals surface area contributed by atoms with Crippen LogP contribution in [-0.4, -0.2) is 71.9 Å². The molecule has 3 unspecified atom stereocenters. The van der Waals surface area contributed by atoms with Crippen LogP contribution in [0.25, 0.3) is 0 Å². The summed E-state index contributed by atoms with van der Waals surface area (Å²) >= 11 is 0. The number of carboxylic acids is 1. The van der Waals surface area contributed by atoms with Gasteiger partial charge >= 0.3 is 5.97 Å². The van der Waals surface area contributed by atoms with Crippen molar-refractivity contribution in [2.45, 2.75) is 50.2 Å². The molecule has 176 valence electrons. The van der Waals surface area contributed by atoms with Gasteiger partial charge in [-0.25, -0.2) is 4.79 Å². The van der Waals surface area contributed by atoms with Crippen LogP contribution in [0.2, 0.25) is 0 Å². The minimum atomic E-state index is -1.40. The van der Waals surface area contributed by atoms with Gasteiger partial charge in [0, 0.05) is 13.1 Å². The first-order valence-corrected chi connectivity index (χ1v) is 9.42. The number of nitrogens with two attached hydrogens (primary N) is 6. The number of nitrogens with zero attached hydrogens (tertiary/aromatic N) is 2. The van der Waals surface area contributed by atoms with Gasteiger partial charge in [0.2, 0.25) is 17.7 Å². The van der Waals surface area contributed by atoms with E-state index in [4.69, 9.17) is 34.4 Å². The number of primary amides is 1. The van der Waals surface area contributed by atoms with E-state index in [0.717, 1.165) is 0 Å². The summed E-state index contributed by atoms with van der Waals surface area (Å²) in [5, 5.41) is 13.9. The topological polar surface area (TPSA) is 293 Å². The molecule has 15 nitrogen and oxygen atoms in total. The van der Waals surface area contributed by atoms with Crippen molar-refractivity contribution in [3.05, 3.63) is 0 Å². The zero-order valence-corrected chi connectivity index (χ0v) is 17.1. The maximum atomic E-state index is 12.5. The summed E-state index contributed by atoms with van der Waals surface area (Å²) < 4.78 is 0. The van der Waals surface area contributed by atoms with E-state index < -0.39 is 48.2 Å². The van der Waals surface area contributed by atoms with E-state index in [1.165, 1.54) is 0 Å². The number of nitrogens with one attached hydrogen (secondary N) is 2. The highest BCUT2D eigenvalue weighted by Gasteiger charge is 2.28. The first-order valence-electron chi connectivity index (χ1n) is 9.42. The fraction of sp³-hybridized carbons (Fsp3) is 0.625. The lowest BCUT2D eigenvalue weighted by molar-refractivity contribution is -0.142. The molecular formula is C16H32N10O5. The maximum absolute atomic E-state index is 12.5. The van der Waals surface area contributed by atoms with Gasteiger partial charge in [0.1, 0.15) is 12.1 Å². The minimum absolute atomic E-state index is 0.0133. The van der Waals surface area contributed by atoms with Gasteiger partial charge in [0.25, 0.3) is 0 Å². The van der Waals surface area contributed by atoms with Crippen LogP contribution in [0.5, 0.6) is 0 Å². The molecule has 15 N–H and O–H groups in total. The van der Waals surface area contributed by atoms with Crippen LogP contribution in [0, 0.1) is 0 Å². The molecule has 0 rings (SSSR count). The highest BCUT2D eigenvalue weighted by atomic mass is 16.4. The third kappa shape index (κ3) is 13.3. The lowest BCUT2D eigenvalue weighted by Crippen LogP contribution is -2.55. The van der Waals surface area contributed by atoms with Gasteiger partial charge in [-0.2, -0.15) is 0 Å². The minimum Gasteiger partial charge on any atom is -0.480 e. The van der Waals surface area contributed by atoms with Crippen molar-refractivity contribution in [2.24, 2.45) is 44.4 Å². The van der Waals surface area contributed by atoms with Crippen LogP contribution in [0.15, 0.2) is 9.98 Å². The van der Waals surface area contributed by atoms with Crippen LogP contribution in [0.4, 0.5) is 0 Å². The fourth-order valence-corrected chi connectivity index (χ4v) is 2.37. The number of amides is 3. The second kappa shape index (κ2) is 14.4. The number of rotatable bonds is 15. The Bertz CT molecular complexity index is 688. The number of carboxylic acid groups (broad SMARTS) is 1. The Morgan fingerprint density at radius 3 is 1.71 bits per heavy atom. The number of hydrogen-bond acceptors (Lipinski definition) is 7. The molecule has 31 heavy (non-hydrogen) atoms. The van der Waals surface area contributed by atoms with E-state index in [2.05, 4.69) is 20.6 Å². The van der Waals surface area contributed by atoms with Crippen LogP contribution in [0.3, 0.4) is 0 Å². The Morgan fingerprint density at radius 2 is 1.26 bits per heavy atom. The van der Waals surface area contributed by atoms with Gasteiger partial charge < -0.3 is 50.1 Å². The number of aliphatic imine (C=N–C) groups is 2. The van der Waals surface area contributed by atoms with E-state index in [9.17, 15) is 24.3 Å². The zero-order chi connectivity index (χ0) is 24.0. The summed E-state index contributed by atoms with van der Waals surface area (Å²) in [4.78, 5) is 54.9. The number of hydrogen-bond donors (Lipinski definition) is 9. The quantitative estimate of drug-likeness (QED) is 0.0660. The third-order valence-corrected chi connectivity index (χ3v) is 3.90. The van der Waals surface area contributed by atoms with E-state index in [-0.39, 0.29) is 44.3 Å². The van der Waals surface area contributed by atoms with Crippen molar-refractivity contribution < 1.29 is 24.3 Å². The lowest BCUT2D eigenvalue weighted by atomic mass is 10.1. The molecule has 0 aliphatic carbocycles. The van der Waals surface area contributed by atoms with Gasteiger partial charge in [-0.3, -0.25) is 24.4 Å².